The van der Waals surface area contributed by atoms with Gasteiger partial charge in [-0.05, 0) is 41.0 Å². The van der Waals surface area contributed by atoms with Crippen LogP contribution in [0.15, 0.2) is 60.7 Å². The normalized spacial score (nSPS) is 14.5. The van der Waals surface area contributed by atoms with E-state index in [9.17, 15) is 14.4 Å². The van der Waals surface area contributed by atoms with Crippen LogP contribution >= 0.6 is 0 Å². The number of carboxylic acids is 1. The first kappa shape index (κ1) is 22.6. The molecule has 2 N–H and O–H groups in total. The molecule has 0 spiro atoms. The molecule has 172 valence electrons. The molecule has 2 aliphatic rings. The van der Waals surface area contributed by atoms with Crippen LogP contribution in [0, 0.1) is 5.92 Å². The van der Waals surface area contributed by atoms with E-state index in [-0.39, 0.29) is 37.9 Å². The number of rotatable bonds is 10. The van der Waals surface area contributed by atoms with Crippen LogP contribution in [0.1, 0.15) is 36.3 Å². The van der Waals surface area contributed by atoms with Crippen molar-refractivity contribution in [2.45, 2.75) is 25.2 Å². The number of carbonyl (C=O) groups excluding carboxylic acids is 2. The fourth-order valence-corrected chi connectivity index (χ4v) is 4.19. The smallest absolute Gasteiger partial charge is 0.407 e. The molecule has 0 bridgehead atoms. The topological polar surface area (TPSA) is 95.9 Å². The van der Waals surface area contributed by atoms with Gasteiger partial charge in [0.1, 0.15) is 6.61 Å². The number of alkyl carbamates (subject to hydrolysis) is 1. The zero-order chi connectivity index (χ0) is 23.2. The van der Waals surface area contributed by atoms with Crippen molar-refractivity contribution >= 4 is 18.0 Å². The summed E-state index contributed by atoms with van der Waals surface area (Å²) < 4.78 is 5.48. The molecule has 0 aliphatic heterocycles. The Bertz CT molecular complexity index is 1010. The van der Waals surface area contributed by atoms with E-state index >= 15 is 0 Å². The minimum absolute atomic E-state index is 0.00881. The number of benzene rings is 2. The number of amides is 2. The molecule has 0 heterocycles. The molecular weight excluding hydrogens is 420 g/mol. The van der Waals surface area contributed by atoms with E-state index in [2.05, 4.69) is 29.6 Å². The van der Waals surface area contributed by atoms with E-state index in [0.717, 1.165) is 24.0 Å². The first-order valence-corrected chi connectivity index (χ1v) is 11.3. The Balaban J connectivity index is 1.25. The molecule has 7 heteroatoms. The molecule has 0 radical (unpaired) electrons. The molecule has 33 heavy (non-hydrogen) atoms. The predicted octanol–water partition coefficient (Wildman–Crippen LogP) is 3.79. The molecule has 0 unspecified atom stereocenters. The van der Waals surface area contributed by atoms with Gasteiger partial charge in [-0.25, -0.2) is 4.79 Å². The summed E-state index contributed by atoms with van der Waals surface area (Å²) in [5, 5.41) is 11.5. The molecule has 2 aromatic rings. The standard InChI is InChI=1S/C26H28N2O5/c29-24(28(15-13-25(30)31)16-18-11-12-18)10-5-14-27-26(32)33-17-23-21-8-3-1-6-19(21)20-7-2-4-9-22(20)23/h1-10,18,23H,11-17H2,(H,27,32)(H,30,31)/b10-5+. The first-order valence-electron chi connectivity index (χ1n) is 11.3. The van der Waals surface area contributed by atoms with Crippen LogP contribution in [0.25, 0.3) is 11.1 Å². The van der Waals surface area contributed by atoms with Gasteiger partial charge in [0.25, 0.3) is 0 Å². The van der Waals surface area contributed by atoms with Crippen molar-refractivity contribution in [3.05, 3.63) is 71.8 Å². The molecule has 0 atom stereocenters. The zero-order valence-electron chi connectivity index (χ0n) is 18.4. The van der Waals surface area contributed by atoms with Crippen molar-refractivity contribution < 1.29 is 24.2 Å². The summed E-state index contributed by atoms with van der Waals surface area (Å²) in [4.78, 5) is 37.0. The van der Waals surface area contributed by atoms with Gasteiger partial charge in [-0.3, -0.25) is 9.59 Å². The Morgan fingerprint density at radius 1 is 1.03 bits per heavy atom. The Labute approximate surface area is 193 Å². The van der Waals surface area contributed by atoms with Gasteiger partial charge in [0, 0.05) is 31.6 Å². The van der Waals surface area contributed by atoms with Gasteiger partial charge in [0.15, 0.2) is 0 Å². The summed E-state index contributed by atoms with van der Waals surface area (Å²) in [5.74, 6) is -0.706. The average Bonchev–Trinajstić information content (AvgIpc) is 3.58. The third-order valence-electron chi connectivity index (χ3n) is 6.05. The summed E-state index contributed by atoms with van der Waals surface area (Å²) in [5.41, 5.74) is 4.63. The van der Waals surface area contributed by atoms with Crippen LogP contribution in [0.2, 0.25) is 0 Å². The lowest BCUT2D eigenvalue weighted by Gasteiger charge is -2.20. The number of carbonyl (C=O) groups is 3. The summed E-state index contributed by atoms with van der Waals surface area (Å²) in [6, 6.07) is 16.3. The van der Waals surface area contributed by atoms with Gasteiger partial charge in [-0.2, -0.15) is 0 Å². The van der Waals surface area contributed by atoms with Gasteiger partial charge in [-0.15, -0.1) is 0 Å². The van der Waals surface area contributed by atoms with E-state index in [1.807, 2.05) is 24.3 Å². The molecule has 1 saturated carbocycles. The Morgan fingerprint density at radius 2 is 1.67 bits per heavy atom. The minimum Gasteiger partial charge on any atom is -0.481 e. The van der Waals surface area contributed by atoms with E-state index in [1.165, 1.54) is 17.2 Å². The highest BCUT2D eigenvalue weighted by molar-refractivity contribution is 5.88. The lowest BCUT2D eigenvalue weighted by molar-refractivity contribution is -0.138. The van der Waals surface area contributed by atoms with Crippen LogP contribution in [-0.2, 0) is 14.3 Å². The number of hydrogen-bond donors (Lipinski definition) is 2. The van der Waals surface area contributed by atoms with Crippen LogP contribution in [0.5, 0.6) is 0 Å². The Kier molecular flexibility index (Phi) is 7.07. The summed E-state index contributed by atoms with van der Waals surface area (Å²) >= 11 is 0. The number of nitrogens with one attached hydrogen (secondary N) is 1. The highest BCUT2D eigenvalue weighted by atomic mass is 16.5. The third-order valence-corrected chi connectivity index (χ3v) is 6.05. The Morgan fingerprint density at radius 3 is 2.27 bits per heavy atom. The Hall–Kier alpha value is -3.61. The number of nitrogens with zero attached hydrogens (tertiary/aromatic N) is 1. The lowest BCUT2D eigenvalue weighted by atomic mass is 9.98. The van der Waals surface area contributed by atoms with Crippen molar-refractivity contribution in [1.82, 2.24) is 10.2 Å². The minimum atomic E-state index is -0.926. The van der Waals surface area contributed by atoms with Crippen LogP contribution in [0.3, 0.4) is 0 Å². The first-order chi connectivity index (χ1) is 16.0. The fourth-order valence-electron chi connectivity index (χ4n) is 4.19. The maximum absolute atomic E-state index is 12.4. The number of carboxylic acid groups (broad SMARTS) is 1. The lowest BCUT2D eigenvalue weighted by Crippen LogP contribution is -2.33. The average molecular weight is 449 g/mol. The van der Waals surface area contributed by atoms with Gasteiger partial charge in [-0.1, -0.05) is 54.6 Å². The summed E-state index contributed by atoms with van der Waals surface area (Å²) in [7, 11) is 0. The SMILES string of the molecule is O=C(O)CCN(CC1CC1)C(=O)/C=C/CNC(=O)OCC1c2ccccc2-c2ccccc21. The second-order valence-electron chi connectivity index (χ2n) is 8.48. The number of hydrogen-bond acceptors (Lipinski definition) is 4. The van der Waals surface area contributed by atoms with Crippen LogP contribution < -0.4 is 5.32 Å². The molecule has 1 fully saturated rings. The van der Waals surface area contributed by atoms with Crippen molar-refractivity contribution in [2.24, 2.45) is 5.92 Å². The number of aliphatic carboxylic acids is 1. The van der Waals surface area contributed by atoms with E-state index < -0.39 is 12.1 Å². The maximum atomic E-state index is 12.4. The molecule has 2 aromatic carbocycles. The molecule has 0 saturated heterocycles. The molecule has 0 aromatic heterocycles. The quantitative estimate of drug-likeness (QED) is 0.539. The van der Waals surface area contributed by atoms with Gasteiger partial charge in [0.2, 0.25) is 5.91 Å². The van der Waals surface area contributed by atoms with Crippen molar-refractivity contribution in [2.75, 3.05) is 26.2 Å². The molecule has 4 rings (SSSR count). The third kappa shape index (κ3) is 5.80. The predicted molar refractivity (Wildman–Crippen MR) is 124 cm³/mol. The largest absolute Gasteiger partial charge is 0.481 e. The van der Waals surface area contributed by atoms with Crippen LogP contribution in [-0.4, -0.2) is 54.2 Å². The van der Waals surface area contributed by atoms with Crippen molar-refractivity contribution in [1.29, 1.82) is 0 Å². The monoisotopic (exact) mass is 448 g/mol. The van der Waals surface area contributed by atoms with Gasteiger partial charge >= 0.3 is 12.1 Å². The van der Waals surface area contributed by atoms with Gasteiger partial charge in [0.05, 0.1) is 6.42 Å². The molecule has 7 nitrogen and oxygen atoms in total. The molecule has 2 aliphatic carbocycles. The summed E-state index contributed by atoms with van der Waals surface area (Å²) in [6.07, 6.45) is 4.46. The second kappa shape index (κ2) is 10.3. The van der Waals surface area contributed by atoms with Crippen LogP contribution in [0.4, 0.5) is 4.79 Å². The number of ether oxygens (including phenoxy) is 1. The fraction of sp³-hybridized carbons (Fsp3) is 0.346. The summed E-state index contributed by atoms with van der Waals surface area (Å²) in [6.45, 7) is 1.15. The molecular formula is C26H28N2O5. The highest BCUT2D eigenvalue weighted by Gasteiger charge is 2.29. The number of fused-ring (bicyclic) bond motifs is 3. The van der Waals surface area contributed by atoms with E-state index in [0.29, 0.717) is 12.5 Å². The van der Waals surface area contributed by atoms with E-state index in [1.54, 1.807) is 11.0 Å². The highest BCUT2D eigenvalue weighted by Crippen LogP contribution is 2.44. The van der Waals surface area contributed by atoms with Gasteiger partial charge < -0.3 is 20.1 Å². The maximum Gasteiger partial charge on any atom is 0.407 e. The van der Waals surface area contributed by atoms with Crippen molar-refractivity contribution in [3.8, 4) is 11.1 Å². The zero-order valence-corrected chi connectivity index (χ0v) is 18.4. The second-order valence-corrected chi connectivity index (χ2v) is 8.48. The van der Waals surface area contributed by atoms with Crippen molar-refractivity contribution in [3.63, 3.8) is 0 Å². The molecule has 2 amide bonds. The van der Waals surface area contributed by atoms with E-state index in [4.69, 9.17) is 9.84 Å².